The average molecular weight is 392 g/mol. The highest BCUT2D eigenvalue weighted by atomic mass is 32.2. The second-order valence-electron chi connectivity index (χ2n) is 7.45. The first-order valence-corrected chi connectivity index (χ1v) is 10.9. The van der Waals surface area contributed by atoms with Crippen molar-refractivity contribution in [3.8, 4) is 0 Å². The molecule has 1 saturated carbocycles. The van der Waals surface area contributed by atoms with E-state index in [0.29, 0.717) is 28.3 Å². The topological polar surface area (TPSA) is 75.5 Å². The highest BCUT2D eigenvalue weighted by Crippen LogP contribution is 2.38. The molecule has 1 amide bonds. The van der Waals surface area contributed by atoms with Crippen LogP contribution in [0.3, 0.4) is 0 Å². The molecule has 1 aliphatic carbocycles. The molecule has 1 saturated heterocycles. The summed E-state index contributed by atoms with van der Waals surface area (Å²) in [6.07, 6.45) is 8.12. The van der Waals surface area contributed by atoms with E-state index in [1.54, 1.807) is 23.9 Å². The summed E-state index contributed by atoms with van der Waals surface area (Å²) in [6, 6.07) is 5.28. The number of nitrogens with one attached hydrogen (secondary N) is 1. The van der Waals surface area contributed by atoms with Gasteiger partial charge < -0.3 is 5.32 Å². The van der Waals surface area contributed by atoms with Crippen molar-refractivity contribution in [3.05, 3.63) is 33.9 Å². The first kappa shape index (κ1) is 20.1. The zero-order valence-electron chi connectivity index (χ0n) is 16.0. The molecular formula is C20H29N3O3S. The van der Waals surface area contributed by atoms with Crippen molar-refractivity contribution in [1.82, 2.24) is 10.2 Å². The summed E-state index contributed by atoms with van der Waals surface area (Å²) in [7, 11) is 0. The molecule has 7 heteroatoms. The zero-order valence-corrected chi connectivity index (χ0v) is 16.8. The standard InChI is InChI=1S/C20H29N3O3S/c1-2-22-12-6-7-16(22)14-21-20(24)15-10-11-19(18(13-15)23(25)26)27-17-8-4-3-5-9-17/h10-11,13,16-17H,2-9,12,14H2,1H3,(H,21,24). The number of thioether (sulfide) groups is 1. The number of hydrogen-bond acceptors (Lipinski definition) is 5. The fraction of sp³-hybridized carbons (Fsp3) is 0.650. The third-order valence-electron chi connectivity index (χ3n) is 5.67. The van der Waals surface area contributed by atoms with E-state index in [-0.39, 0.29) is 16.5 Å². The first-order chi connectivity index (χ1) is 13.1. The molecule has 27 heavy (non-hydrogen) atoms. The molecule has 0 bridgehead atoms. The average Bonchev–Trinajstić information content (AvgIpc) is 3.14. The van der Waals surface area contributed by atoms with Crippen LogP contribution in [0.4, 0.5) is 5.69 Å². The number of nitro benzene ring substituents is 1. The normalized spacial score (nSPS) is 21.3. The van der Waals surface area contributed by atoms with Gasteiger partial charge in [-0.3, -0.25) is 19.8 Å². The van der Waals surface area contributed by atoms with Crippen molar-refractivity contribution < 1.29 is 9.72 Å². The molecule has 0 aromatic heterocycles. The lowest BCUT2D eigenvalue weighted by Gasteiger charge is -2.23. The van der Waals surface area contributed by atoms with Crippen molar-refractivity contribution in [1.29, 1.82) is 0 Å². The number of carbonyl (C=O) groups excluding carboxylic acids is 1. The van der Waals surface area contributed by atoms with Crippen LogP contribution in [-0.4, -0.2) is 46.7 Å². The van der Waals surface area contributed by atoms with Gasteiger partial charge in [0, 0.05) is 29.5 Å². The number of carbonyl (C=O) groups is 1. The van der Waals surface area contributed by atoms with Crippen LogP contribution in [0, 0.1) is 10.1 Å². The van der Waals surface area contributed by atoms with Crippen LogP contribution in [0.2, 0.25) is 0 Å². The van der Waals surface area contributed by atoms with Crippen molar-refractivity contribution in [2.24, 2.45) is 0 Å². The number of likely N-dealkylation sites (tertiary alicyclic amines) is 1. The molecule has 0 radical (unpaired) electrons. The van der Waals surface area contributed by atoms with E-state index >= 15 is 0 Å². The van der Waals surface area contributed by atoms with Crippen LogP contribution in [0.5, 0.6) is 0 Å². The maximum Gasteiger partial charge on any atom is 0.283 e. The Hall–Kier alpha value is -1.60. The van der Waals surface area contributed by atoms with Crippen LogP contribution < -0.4 is 5.32 Å². The lowest BCUT2D eigenvalue weighted by molar-refractivity contribution is -0.387. The number of nitrogens with zero attached hydrogens (tertiary/aromatic N) is 2. The third kappa shape index (κ3) is 5.23. The van der Waals surface area contributed by atoms with E-state index in [4.69, 9.17) is 0 Å². The van der Waals surface area contributed by atoms with Crippen LogP contribution in [0.1, 0.15) is 62.2 Å². The molecule has 1 heterocycles. The predicted molar refractivity (Wildman–Crippen MR) is 108 cm³/mol. The molecule has 1 atom stereocenters. The van der Waals surface area contributed by atoms with Crippen LogP contribution in [0.25, 0.3) is 0 Å². The Balaban J connectivity index is 1.65. The lowest BCUT2D eigenvalue weighted by Crippen LogP contribution is -2.40. The minimum Gasteiger partial charge on any atom is -0.350 e. The third-order valence-corrected chi connectivity index (χ3v) is 7.07. The van der Waals surface area contributed by atoms with Crippen molar-refractivity contribution in [2.75, 3.05) is 19.6 Å². The molecule has 1 N–H and O–H groups in total. The van der Waals surface area contributed by atoms with Gasteiger partial charge in [0.2, 0.25) is 0 Å². The Morgan fingerprint density at radius 2 is 2.04 bits per heavy atom. The number of nitro groups is 1. The first-order valence-electron chi connectivity index (χ1n) is 10.1. The van der Waals surface area contributed by atoms with Gasteiger partial charge >= 0.3 is 0 Å². The molecule has 3 rings (SSSR count). The zero-order chi connectivity index (χ0) is 19.2. The second-order valence-corrected chi connectivity index (χ2v) is 8.79. The highest BCUT2D eigenvalue weighted by Gasteiger charge is 2.25. The smallest absolute Gasteiger partial charge is 0.283 e. The summed E-state index contributed by atoms with van der Waals surface area (Å²) in [5, 5.41) is 14.9. The Morgan fingerprint density at radius 1 is 1.26 bits per heavy atom. The van der Waals surface area contributed by atoms with Crippen LogP contribution in [-0.2, 0) is 0 Å². The minimum absolute atomic E-state index is 0.0503. The van der Waals surface area contributed by atoms with Gasteiger partial charge in [0.15, 0.2) is 0 Å². The quantitative estimate of drug-likeness (QED) is 0.556. The van der Waals surface area contributed by atoms with Gasteiger partial charge in [-0.05, 0) is 50.9 Å². The molecular weight excluding hydrogens is 362 g/mol. The maximum atomic E-state index is 12.5. The summed E-state index contributed by atoms with van der Waals surface area (Å²) in [5.41, 5.74) is 0.421. The van der Waals surface area contributed by atoms with Crippen molar-refractivity contribution >= 4 is 23.4 Å². The molecule has 2 aliphatic rings. The fourth-order valence-electron chi connectivity index (χ4n) is 4.12. The summed E-state index contributed by atoms with van der Waals surface area (Å²) in [5.74, 6) is -0.227. The maximum absolute atomic E-state index is 12.5. The monoisotopic (exact) mass is 391 g/mol. The van der Waals surface area contributed by atoms with Gasteiger partial charge in [-0.15, -0.1) is 11.8 Å². The molecule has 148 valence electrons. The molecule has 6 nitrogen and oxygen atoms in total. The molecule has 1 unspecified atom stereocenters. The van der Waals surface area contributed by atoms with E-state index in [1.165, 1.54) is 25.3 Å². The highest BCUT2D eigenvalue weighted by molar-refractivity contribution is 8.00. The Kier molecular flexibility index (Phi) is 7.13. The Morgan fingerprint density at radius 3 is 2.74 bits per heavy atom. The molecule has 1 aliphatic heterocycles. The Bertz CT molecular complexity index is 676. The lowest BCUT2D eigenvalue weighted by atomic mass is 10.0. The van der Waals surface area contributed by atoms with Gasteiger partial charge in [0.05, 0.1) is 9.82 Å². The number of benzene rings is 1. The fourth-order valence-corrected chi connectivity index (χ4v) is 5.45. The molecule has 2 fully saturated rings. The summed E-state index contributed by atoms with van der Waals surface area (Å²) >= 11 is 1.60. The van der Waals surface area contributed by atoms with Gasteiger partial charge in [-0.1, -0.05) is 26.2 Å². The van der Waals surface area contributed by atoms with E-state index in [2.05, 4.69) is 17.1 Å². The Labute approximate surface area is 165 Å². The van der Waals surface area contributed by atoms with E-state index in [0.717, 1.165) is 38.8 Å². The van der Waals surface area contributed by atoms with E-state index in [1.807, 2.05) is 0 Å². The molecule has 1 aromatic rings. The van der Waals surface area contributed by atoms with E-state index in [9.17, 15) is 14.9 Å². The van der Waals surface area contributed by atoms with Crippen LogP contribution in [0.15, 0.2) is 23.1 Å². The molecule has 0 spiro atoms. The number of amides is 1. The van der Waals surface area contributed by atoms with Gasteiger partial charge in [0.25, 0.3) is 11.6 Å². The van der Waals surface area contributed by atoms with Gasteiger partial charge in [0.1, 0.15) is 0 Å². The van der Waals surface area contributed by atoms with Crippen LogP contribution >= 0.6 is 11.8 Å². The van der Waals surface area contributed by atoms with Crippen molar-refractivity contribution in [2.45, 2.75) is 68.1 Å². The SMILES string of the molecule is CCN1CCCC1CNC(=O)c1ccc(SC2CCCCC2)c([N+](=O)[O-])c1. The second kappa shape index (κ2) is 9.55. The van der Waals surface area contributed by atoms with Gasteiger partial charge in [-0.25, -0.2) is 0 Å². The van der Waals surface area contributed by atoms with E-state index < -0.39 is 0 Å². The minimum atomic E-state index is -0.363. The summed E-state index contributed by atoms with van der Waals surface area (Å²) in [6.45, 7) is 4.79. The summed E-state index contributed by atoms with van der Waals surface area (Å²) < 4.78 is 0. The molecule has 1 aromatic carbocycles. The number of likely N-dealkylation sites (N-methyl/N-ethyl adjacent to an activating group) is 1. The van der Waals surface area contributed by atoms with Gasteiger partial charge in [-0.2, -0.15) is 0 Å². The number of rotatable bonds is 7. The predicted octanol–water partition coefficient (Wildman–Crippen LogP) is 4.23. The summed E-state index contributed by atoms with van der Waals surface area (Å²) in [4.78, 5) is 26.7. The van der Waals surface area contributed by atoms with Crippen molar-refractivity contribution in [3.63, 3.8) is 0 Å². The number of hydrogen-bond donors (Lipinski definition) is 1. The largest absolute Gasteiger partial charge is 0.350 e.